The zero-order chi connectivity index (χ0) is 24.1. The number of nitrogens with zero attached hydrogens (tertiary/aromatic N) is 3. The molecule has 2 aliphatic rings. The lowest BCUT2D eigenvalue weighted by Gasteiger charge is -2.11. The number of hydrogen-bond acceptors (Lipinski definition) is 10. The Morgan fingerprint density at radius 1 is 0.909 bits per heavy atom. The topological polar surface area (TPSA) is 118 Å². The van der Waals surface area contributed by atoms with Gasteiger partial charge >= 0.3 is 11.9 Å². The maximum atomic E-state index is 11.6. The average Bonchev–Trinajstić information content (AvgIpc) is 3.28. The third-order valence-electron chi connectivity index (χ3n) is 4.58. The molecule has 180 valence electrons. The van der Waals surface area contributed by atoms with Crippen LogP contribution in [0.15, 0.2) is 22.1 Å². The van der Waals surface area contributed by atoms with Crippen LogP contribution in [-0.2, 0) is 28.5 Å². The summed E-state index contributed by atoms with van der Waals surface area (Å²) >= 11 is 0. The van der Waals surface area contributed by atoms with E-state index in [1.54, 1.807) is 19.1 Å². The minimum Gasteiger partial charge on any atom is -0.493 e. The Labute approximate surface area is 193 Å². The van der Waals surface area contributed by atoms with Crippen molar-refractivity contribution in [2.45, 2.75) is 58.5 Å². The van der Waals surface area contributed by atoms with Crippen LogP contribution in [0.3, 0.4) is 0 Å². The van der Waals surface area contributed by atoms with E-state index >= 15 is 0 Å². The maximum Gasteiger partial charge on any atom is 0.317 e. The molecule has 0 radical (unpaired) electrons. The quantitative estimate of drug-likeness (QED) is 0.296. The predicted octanol–water partition coefficient (Wildman–Crippen LogP) is 2.46. The summed E-state index contributed by atoms with van der Waals surface area (Å²) in [5.41, 5.74) is 0.408. The Kier molecular flexibility index (Phi) is 7.55. The standard InChI is InChI=1S/C23H31N3O7/c1-6-29-18(27)12-19(28)31-9-7-8-30-15-10-16(20-25-22(2,3)13-32-20)24-17(11-15)21-26-23(4,5)14-33-21/h10-11H,6-9,12-14H2,1-5H3. The number of rotatable bonds is 10. The molecule has 0 aliphatic carbocycles. The van der Waals surface area contributed by atoms with Gasteiger partial charge in [0.2, 0.25) is 11.8 Å². The highest BCUT2D eigenvalue weighted by molar-refractivity contribution is 5.98. The fraction of sp³-hybridized carbons (Fsp3) is 0.609. The van der Waals surface area contributed by atoms with Crippen LogP contribution in [0.4, 0.5) is 0 Å². The highest BCUT2D eigenvalue weighted by atomic mass is 16.6. The van der Waals surface area contributed by atoms with E-state index in [1.165, 1.54) is 0 Å². The van der Waals surface area contributed by atoms with Crippen LogP contribution in [0.2, 0.25) is 0 Å². The zero-order valence-electron chi connectivity index (χ0n) is 19.8. The van der Waals surface area contributed by atoms with Gasteiger partial charge in [0, 0.05) is 18.6 Å². The van der Waals surface area contributed by atoms with Crippen molar-refractivity contribution < 1.29 is 33.3 Å². The zero-order valence-corrected chi connectivity index (χ0v) is 19.8. The fourth-order valence-corrected chi connectivity index (χ4v) is 3.06. The molecule has 0 unspecified atom stereocenters. The monoisotopic (exact) mass is 461 g/mol. The molecule has 0 aromatic carbocycles. The lowest BCUT2D eigenvalue weighted by atomic mass is 10.1. The van der Waals surface area contributed by atoms with Gasteiger partial charge in [-0.1, -0.05) is 0 Å². The molecule has 0 spiro atoms. The average molecular weight is 462 g/mol. The number of pyridine rings is 1. The Morgan fingerprint density at radius 2 is 1.45 bits per heavy atom. The van der Waals surface area contributed by atoms with Crippen molar-refractivity contribution in [3.8, 4) is 5.75 Å². The van der Waals surface area contributed by atoms with E-state index in [9.17, 15) is 9.59 Å². The lowest BCUT2D eigenvalue weighted by molar-refractivity contribution is -0.154. The minimum absolute atomic E-state index is 0.122. The Balaban J connectivity index is 1.64. The van der Waals surface area contributed by atoms with Crippen molar-refractivity contribution >= 4 is 23.7 Å². The summed E-state index contributed by atoms with van der Waals surface area (Å²) in [4.78, 5) is 36.7. The summed E-state index contributed by atoms with van der Waals surface area (Å²) in [6, 6.07) is 3.49. The molecule has 3 rings (SSSR count). The molecule has 3 heterocycles. The van der Waals surface area contributed by atoms with Gasteiger partial charge in [0.05, 0.1) is 30.9 Å². The summed E-state index contributed by atoms with van der Waals surface area (Å²) in [6.45, 7) is 11.2. The van der Waals surface area contributed by atoms with E-state index in [4.69, 9.17) is 23.7 Å². The van der Waals surface area contributed by atoms with Crippen molar-refractivity contribution in [1.29, 1.82) is 0 Å². The SMILES string of the molecule is CCOC(=O)CC(=O)OCCCOc1cc(C2=NC(C)(C)CO2)nc(C2=NC(C)(C)CO2)c1. The molecule has 33 heavy (non-hydrogen) atoms. The molecule has 0 atom stereocenters. The predicted molar refractivity (Wildman–Crippen MR) is 120 cm³/mol. The van der Waals surface area contributed by atoms with Gasteiger partial charge in [-0.15, -0.1) is 0 Å². The molecule has 0 bridgehead atoms. The van der Waals surface area contributed by atoms with Crippen molar-refractivity contribution in [2.24, 2.45) is 9.98 Å². The molecule has 10 heteroatoms. The first-order chi connectivity index (χ1) is 15.6. The third-order valence-corrected chi connectivity index (χ3v) is 4.58. The van der Waals surface area contributed by atoms with Gasteiger partial charge in [0.1, 0.15) is 36.8 Å². The number of carbonyl (C=O) groups excluding carboxylic acids is 2. The van der Waals surface area contributed by atoms with Crippen LogP contribution in [0.5, 0.6) is 5.75 Å². The van der Waals surface area contributed by atoms with Crippen LogP contribution < -0.4 is 4.74 Å². The maximum absolute atomic E-state index is 11.6. The first-order valence-corrected chi connectivity index (χ1v) is 11.0. The van der Waals surface area contributed by atoms with Crippen LogP contribution >= 0.6 is 0 Å². The second kappa shape index (κ2) is 10.2. The molecule has 10 nitrogen and oxygen atoms in total. The van der Waals surface area contributed by atoms with E-state index in [1.807, 2.05) is 27.7 Å². The largest absolute Gasteiger partial charge is 0.493 e. The molecule has 0 fully saturated rings. The van der Waals surface area contributed by atoms with Gasteiger partial charge in [-0.2, -0.15) is 0 Å². The number of hydrogen-bond donors (Lipinski definition) is 0. The third kappa shape index (κ3) is 7.16. The van der Waals surface area contributed by atoms with Crippen molar-refractivity contribution in [1.82, 2.24) is 4.98 Å². The molecule has 0 N–H and O–H groups in total. The van der Waals surface area contributed by atoms with Crippen molar-refractivity contribution in [3.63, 3.8) is 0 Å². The second-order valence-electron chi connectivity index (χ2n) is 9.01. The second-order valence-corrected chi connectivity index (χ2v) is 9.01. The Hall–Kier alpha value is -3.17. The number of ether oxygens (including phenoxy) is 5. The number of esters is 2. The summed E-state index contributed by atoms with van der Waals surface area (Å²) in [7, 11) is 0. The van der Waals surface area contributed by atoms with E-state index < -0.39 is 18.4 Å². The first kappa shape index (κ1) is 24.5. The molecule has 0 amide bonds. The molecule has 0 saturated heterocycles. The smallest absolute Gasteiger partial charge is 0.317 e. The van der Waals surface area contributed by atoms with Crippen LogP contribution in [0.1, 0.15) is 58.8 Å². The van der Waals surface area contributed by atoms with E-state index in [0.29, 0.717) is 48.6 Å². The minimum atomic E-state index is -0.625. The molecule has 1 aromatic rings. The van der Waals surface area contributed by atoms with E-state index in [-0.39, 0.29) is 30.9 Å². The Morgan fingerprint density at radius 3 is 1.94 bits per heavy atom. The van der Waals surface area contributed by atoms with E-state index in [2.05, 4.69) is 15.0 Å². The molecule has 1 aromatic heterocycles. The highest BCUT2D eigenvalue weighted by Crippen LogP contribution is 2.25. The van der Waals surface area contributed by atoms with Crippen molar-refractivity contribution in [3.05, 3.63) is 23.5 Å². The lowest BCUT2D eigenvalue weighted by Crippen LogP contribution is -2.17. The van der Waals surface area contributed by atoms with Crippen molar-refractivity contribution in [2.75, 3.05) is 33.0 Å². The summed E-state index contributed by atoms with van der Waals surface area (Å²) < 4.78 is 27.1. The molecular formula is C23H31N3O7. The normalized spacial score (nSPS) is 18.0. The summed E-state index contributed by atoms with van der Waals surface area (Å²) in [6.07, 6.45) is 0.0409. The van der Waals surface area contributed by atoms with Crippen LogP contribution in [0, 0.1) is 0 Å². The Bertz CT molecular complexity index is 901. The number of aliphatic imine (C=N–C) groups is 2. The van der Waals surface area contributed by atoms with Gasteiger partial charge in [-0.05, 0) is 34.6 Å². The number of carbonyl (C=O) groups is 2. The van der Waals surface area contributed by atoms with Crippen LogP contribution in [-0.4, -0.2) is 72.8 Å². The number of aromatic nitrogens is 1. The summed E-state index contributed by atoms with van der Waals surface area (Å²) in [5, 5.41) is 0. The molecule has 0 saturated carbocycles. The van der Waals surface area contributed by atoms with Gasteiger partial charge < -0.3 is 23.7 Å². The van der Waals surface area contributed by atoms with Gasteiger partial charge in [-0.3, -0.25) is 9.59 Å². The van der Waals surface area contributed by atoms with Gasteiger partial charge in [0.15, 0.2) is 0 Å². The highest BCUT2D eigenvalue weighted by Gasteiger charge is 2.31. The summed E-state index contributed by atoms with van der Waals surface area (Å²) in [5.74, 6) is 0.200. The van der Waals surface area contributed by atoms with E-state index in [0.717, 1.165) is 0 Å². The first-order valence-electron chi connectivity index (χ1n) is 11.0. The van der Waals surface area contributed by atoms with Crippen LogP contribution in [0.25, 0.3) is 0 Å². The van der Waals surface area contributed by atoms with Gasteiger partial charge in [0.25, 0.3) is 0 Å². The fourth-order valence-electron chi connectivity index (χ4n) is 3.06. The molecular weight excluding hydrogens is 430 g/mol. The van der Waals surface area contributed by atoms with Gasteiger partial charge in [-0.25, -0.2) is 15.0 Å². The molecule has 2 aliphatic heterocycles.